The zero-order valence-electron chi connectivity index (χ0n) is 13.7. The molecule has 2 atom stereocenters. The molecule has 3 nitrogen and oxygen atoms in total. The Labute approximate surface area is 124 Å². The summed E-state index contributed by atoms with van der Waals surface area (Å²) in [5.74, 6) is 1.03. The molecule has 116 valence electrons. The highest BCUT2D eigenvalue weighted by Gasteiger charge is 2.43. The molecule has 1 saturated heterocycles. The minimum absolute atomic E-state index is 0.0721. The lowest BCUT2D eigenvalue weighted by molar-refractivity contribution is -0.132. The van der Waals surface area contributed by atoms with E-state index in [1.54, 1.807) is 0 Å². The fourth-order valence-electron chi connectivity index (χ4n) is 3.67. The molecule has 1 aliphatic carbocycles. The molecule has 2 aliphatic rings. The van der Waals surface area contributed by atoms with Crippen LogP contribution >= 0.6 is 0 Å². The molecule has 1 saturated carbocycles. The van der Waals surface area contributed by atoms with Crippen molar-refractivity contribution in [3.8, 4) is 0 Å². The average molecular weight is 280 g/mol. The van der Waals surface area contributed by atoms with Crippen molar-refractivity contribution in [2.45, 2.75) is 84.8 Å². The van der Waals surface area contributed by atoms with E-state index in [4.69, 9.17) is 0 Å². The molecule has 2 rings (SSSR count). The van der Waals surface area contributed by atoms with Crippen molar-refractivity contribution in [1.29, 1.82) is 0 Å². The second-order valence-electron chi connectivity index (χ2n) is 7.88. The maximum atomic E-state index is 12.7. The summed E-state index contributed by atoms with van der Waals surface area (Å²) in [6.45, 7) is 9.76. The maximum Gasteiger partial charge on any atom is 0.241 e. The summed E-state index contributed by atoms with van der Waals surface area (Å²) in [6, 6.07) is 0.0721. The van der Waals surface area contributed by atoms with Crippen molar-refractivity contribution < 1.29 is 4.79 Å². The van der Waals surface area contributed by atoms with Gasteiger partial charge in [-0.25, -0.2) is 0 Å². The van der Waals surface area contributed by atoms with Crippen LogP contribution in [0.4, 0.5) is 0 Å². The van der Waals surface area contributed by atoms with E-state index in [1.165, 1.54) is 32.1 Å². The Balaban J connectivity index is 2.07. The molecule has 1 heterocycles. The first kappa shape index (κ1) is 15.8. The van der Waals surface area contributed by atoms with Crippen molar-refractivity contribution in [2.75, 3.05) is 6.54 Å². The summed E-state index contributed by atoms with van der Waals surface area (Å²) in [7, 11) is 0. The third kappa shape index (κ3) is 3.75. The third-order valence-corrected chi connectivity index (χ3v) is 4.63. The van der Waals surface area contributed by atoms with Gasteiger partial charge in [0, 0.05) is 6.54 Å². The van der Waals surface area contributed by atoms with Crippen LogP contribution in [0.5, 0.6) is 0 Å². The van der Waals surface area contributed by atoms with Crippen molar-refractivity contribution in [1.82, 2.24) is 10.2 Å². The Morgan fingerprint density at radius 1 is 1.25 bits per heavy atom. The lowest BCUT2D eigenvalue weighted by atomic mass is 9.94. The number of carbonyl (C=O) groups excluding carboxylic acids is 1. The Bertz CT molecular complexity index is 328. The minimum atomic E-state index is 0.0721. The van der Waals surface area contributed by atoms with Gasteiger partial charge in [-0.1, -0.05) is 53.4 Å². The number of unbranched alkanes of at least 4 members (excludes halogenated alkanes) is 1. The van der Waals surface area contributed by atoms with E-state index in [-0.39, 0.29) is 11.5 Å². The molecule has 0 aromatic heterocycles. The predicted octanol–water partition coefficient (Wildman–Crippen LogP) is 3.54. The number of hydrogen-bond acceptors (Lipinski definition) is 2. The van der Waals surface area contributed by atoms with Gasteiger partial charge in [-0.15, -0.1) is 0 Å². The topological polar surface area (TPSA) is 32.3 Å². The summed E-state index contributed by atoms with van der Waals surface area (Å²) in [5.41, 5.74) is 0.174. The van der Waals surface area contributed by atoms with Crippen LogP contribution in [0.2, 0.25) is 0 Å². The zero-order valence-corrected chi connectivity index (χ0v) is 13.7. The first-order valence-electron chi connectivity index (χ1n) is 8.49. The van der Waals surface area contributed by atoms with Crippen LogP contribution in [0.3, 0.4) is 0 Å². The number of rotatable bonds is 5. The molecule has 0 bridgehead atoms. The molecule has 2 fully saturated rings. The van der Waals surface area contributed by atoms with E-state index in [0.717, 1.165) is 19.4 Å². The van der Waals surface area contributed by atoms with E-state index >= 15 is 0 Å². The molecular weight excluding hydrogens is 248 g/mol. The lowest BCUT2D eigenvalue weighted by Crippen LogP contribution is -2.45. The van der Waals surface area contributed by atoms with Crippen molar-refractivity contribution >= 4 is 5.91 Å². The number of carbonyl (C=O) groups is 1. The van der Waals surface area contributed by atoms with Gasteiger partial charge in [-0.3, -0.25) is 10.1 Å². The van der Waals surface area contributed by atoms with Crippen LogP contribution in [0, 0.1) is 11.3 Å². The molecule has 1 aliphatic heterocycles. The SMILES string of the molecule is CCCCC1NC(C2CCCC2)N(CC(C)(C)C)C1=O. The molecular formula is C17H32N2O. The van der Waals surface area contributed by atoms with Crippen molar-refractivity contribution in [3.63, 3.8) is 0 Å². The number of nitrogens with zero attached hydrogens (tertiary/aromatic N) is 1. The standard InChI is InChI=1S/C17H32N2O/c1-5-6-11-14-16(20)19(12-17(2,3)4)15(18-14)13-9-7-8-10-13/h13-15,18H,5-12H2,1-4H3. The monoisotopic (exact) mass is 280 g/mol. The van der Waals surface area contributed by atoms with Crippen LogP contribution in [0.25, 0.3) is 0 Å². The number of hydrogen-bond donors (Lipinski definition) is 1. The van der Waals surface area contributed by atoms with E-state index in [0.29, 0.717) is 18.0 Å². The van der Waals surface area contributed by atoms with Gasteiger partial charge in [0.25, 0.3) is 0 Å². The second kappa shape index (κ2) is 6.46. The first-order chi connectivity index (χ1) is 9.42. The highest BCUT2D eigenvalue weighted by molar-refractivity contribution is 5.84. The molecule has 1 amide bonds. The third-order valence-electron chi connectivity index (χ3n) is 4.63. The number of nitrogens with one attached hydrogen (secondary N) is 1. The molecule has 0 aromatic carbocycles. The summed E-state index contributed by atoms with van der Waals surface area (Å²) in [6.07, 6.45) is 8.84. The highest BCUT2D eigenvalue weighted by Crippen LogP contribution is 2.34. The van der Waals surface area contributed by atoms with Crippen LogP contribution < -0.4 is 5.32 Å². The average Bonchev–Trinajstić information content (AvgIpc) is 2.96. The molecule has 1 N–H and O–H groups in total. The van der Waals surface area contributed by atoms with Gasteiger partial charge in [0.05, 0.1) is 12.2 Å². The lowest BCUT2D eigenvalue weighted by Gasteiger charge is -2.34. The molecule has 3 heteroatoms. The molecule has 0 radical (unpaired) electrons. The molecule has 20 heavy (non-hydrogen) atoms. The Hall–Kier alpha value is -0.570. The van der Waals surface area contributed by atoms with Gasteiger partial charge in [0.2, 0.25) is 5.91 Å². The second-order valence-corrected chi connectivity index (χ2v) is 7.88. The van der Waals surface area contributed by atoms with Gasteiger partial charge in [-0.05, 0) is 30.6 Å². The minimum Gasteiger partial charge on any atom is -0.325 e. The van der Waals surface area contributed by atoms with Gasteiger partial charge >= 0.3 is 0 Å². The summed E-state index contributed by atoms with van der Waals surface area (Å²) < 4.78 is 0. The number of amides is 1. The largest absolute Gasteiger partial charge is 0.325 e. The molecule has 0 spiro atoms. The van der Waals surface area contributed by atoms with Crippen LogP contribution in [-0.4, -0.2) is 29.6 Å². The Kier molecular flexibility index (Phi) is 5.11. The quantitative estimate of drug-likeness (QED) is 0.835. The zero-order chi connectivity index (χ0) is 14.8. The molecule has 0 aromatic rings. The van der Waals surface area contributed by atoms with Gasteiger partial charge < -0.3 is 4.90 Å². The van der Waals surface area contributed by atoms with Crippen LogP contribution in [0.1, 0.15) is 72.6 Å². The van der Waals surface area contributed by atoms with Crippen molar-refractivity contribution in [3.05, 3.63) is 0 Å². The van der Waals surface area contributed by atoms with Gasteiger partial charge in [-0.2, -0.15) is 0 Å². The van der Waals surface area contributed by atoms with Crippen LogP contribution in [0.15, 0.2) is 0 Å². The van der Waals surface area contributed by atoms with Gasteiger partial charge in [0.1, 0.15) is 0 Å². The summed E-state index contributed by atoms with van der Waals surface area (Å²) in [5, 5.41) is 3.67. The predicted molar refractivity (Wildman–Crippen MR) is 83.4 cm³/mol. The van der Waals surface area contributed by atoms with E-state index in [2.05, 4.69) is 37.9 Å². The van der Waals surface area contributed by atoms with Crippen molar-refractivity contribution in [2.24, 2.45) is 11.3 Å². The first-order valence-corrected chi connectivity index (χ1v) is 8.49. The fraction of sp³-hybridized carbons (Fsp3) is 0.941. The fourth-order valence-corrected chi connectivity index (χ4v) is 3.67. The Morgan fingerprint density at radius 3 is 2.45 bits per heavy atom. The van der Waals surface area contributed by atoms with E-state index in [9.17, 15) is 4.79 Å². The highest BCUT2D eigenvalue weighted by atomic mass is 16.2. The summed E-state index contributed by atoms with van der Waals surface area (Å²) >= 11 is 0. The maximum absolute atomic E-state index is 12.7. The van der Waals surface area contributed by atoms with Crippen LogP contribution in [-0.2, 0) is 4.79 Å². The van der Waals surface area contributed by atoms with E-state index in [1.807, 2.05) is 0 Å². The van der Waals surface area contributed by atoms with Gasteiger partial charge in [0.15, 0.2) is 0 Å². The van der Waals surface area contributed by atoms with E-state index < -0.39 is 0 Å². The normalized spacial score (nSPS) is 28.6. The summed E-state index contributed by atoms with van der Waals surface area (Å²) in [4.78, 5) is 14.9. The smallest absolute Gasteiger partial charge is 0.241 e. The Morgan fingerprint density at radius 2 is 1.90 bits per heavy atom. The molecule has 2 unspecified atom stereocenters.